The van der Waals surface area contributed by atoms with Crippen molar-refractivity contribution in [1.29, 1.82) is 0 Å². The van der Waals surface area contributed by atoms with Gasteiger partial charge in [-0.15, -0.1) is 10.1 Å². The molecule has 0 heterocycles. The van der Waals surface area contributed by atoms with Crippen LogP contribution in [0.3, 0.4) is 0 Å². The van der Waals surface area contributed by atoms with Crippen molar-refractivity contribution in [1.82, 2.24) is 0 Å². The number of hydrogen-bond donors (Lipinski definition) is 2. The molecule has 0 unspecified atom stereocenters. The van der Waals surface area contributed by atoms with E-state index in [0.29, 0.717) is 5.69 Å². The smallest absolute Gasteiger partial charge is 0.324 e. The lowest BCUT2D eigenvalue weighted by Gasteiger charge is -2.00. The highest BCUT2D eigenvalue weighted by molar-refractivity contribution is 5.89. The number of nitrogens with two attached hydrogens (primary N) is 1. The largest absolute Gasteiger partial charge is 0.334 e. The monoisotopic (exact) mass is 197 g/mol. The number of carbonyl (C=O) groups excluding carboxylic acids is 1. The summed E-state index contributed by atoms with van der Waals surface area (Å²) in [4.78, 5) is 24.5. The van der Waals surface area contributed by atoms with Crippen LogP contribution < -0.4 is 11.3 Å². The molecule has 0 spiro atoms. The van der Waals surface area contributed by atoms with Crippen LogP contribution in [0, 0.1) is 10.1 Å². The van der Waals surface area contributed by atoms with Gasteiger partial charge in [-0.1, -0.05) is 0 Å². The van der Waals surface area contributed by atoms with Crippen LogP contribution in [-0.4, -0.2) is 11.1 Å². The second-order valence-electron chi connectivity index (χ2n) is 2.32. The van der Waals surface area contributed by atoms with E-state index in [9.17, 15) is 14.9 Å². The van der Waals surface area contributed by atoms with Gasteiger partial charge in [-0.25, -0.2) is 4.84 Å². The van der Waals surface area contributed by atoms with Crippen LogP contribution in [-0.2, 0) is 4.84 Å². The number of rotatable bonds is 3. The highest BCUT2D eigenvalue weighted by Crippen LogP contribution is 2.08. The van der Waals surface area contributed by atoms with E-state index in [-0.39, 0.29) is 5.56 Å². The van der Waals surface area contributed by atoms with E-state index in [0.717, 1.165) is 0 Å². The summed E-state index contributed by atoms with van der Waals surface area (Å²) in [5.41, 5.74) is 3.02. The summed E-state index contributed by atoms with van der Waals surface area (Å²) in [7, 11) is 0. The van der Waals surface area contributed by atoms with E-state index in [2.05, 4.69) is 10.3 Å². The highest BCUT2D eigenvalue weighted by atomic mass is 17.0. The van der Waals surface area contributed by atoms with E-state index < -0.39 is 11.1 Å². The standard InChI is InChI=1S/C7H7N3O4/c8-9-6-3-1-5(2-4-6)7(11)14-10(12)13/h1-4,9H,8H2. The number of carbonyl (C=O) groups is 1. The summed E-state index contributed by atoms with van der Waals surface area (Å²) in [5.74, 6) is 4.07. The summed E-state index contributed by atoms with van der Waals surface area (Å²) >= 11 is 0. The second kappa shape index (κ2) is 4.19. The van der Waals surface area contributed by atoms with Gasteiger partial charge in [-0.2, -0.15) is 0 Å². The summed E-state index contributed by atoms with van der Waals surface area (Å²) in [5, 5.41) is 8.68. The molecule has 74 valence electrons. The molecule has 3 N–H and O–H groups in total. The molecule has 0 aliphatic heterocycles. The maximum atomic E-state index is 10.9. The lowest BCUT2D eigenvalue weighted by Crippen LogP contribution is -2.11. The first-order valence-corrected chi connectivity index (χ1v) is 3.57. The molecule has 0 fully saturated rings. The minimum Gasteiger partial charge on any atom is -0.324 e. The quantitative estimate of drug-likeness (QED) is 0.410. The SMILES string of the molecule is NNc1ccc(C(=O)O[N+](=O)[O-])cc1. The van der Waals surface area contributed by atoms with Crippen molar-refractivity contribution in [2.45, 2.75) is 0 Å². The zero-order valence-electron chi connectivity index (χ0n) is 6.97. The molecule has 1 aromatic rings. The Morgan fingerprint density at radius 3 is 2.43 bits per heavy atom. The fourth-order valence-electron chi connectivity index (χ4n) is 0.823. The molecule has 0 aromatic heterocycles. The molecule has 7 heteroatoms. The predicted molar refractivity (Wildman–Crippen MR) is 46.7 cm³/mol. The van der Waals surface area contributed by atoms with E-state index in [4.69, 9.17) is 5.84 Å². The highest BCUT2D eigenvalue weighted by Gasteiger charge is 2.09. The Morgan fingerprint density at radius 1 is 1.43 bits per heavy atom. The van der Waals surface area contributed by atoms with Crippen LogP contribution in [0.15, 0.2) is 24.3 Å². The average molecular weight is 197 g/mol. The normalized spacial score (nSPS) is 9.21. The molecule has 1 aromatic carbocycles. The zero-order chi connectivity index (χ0) is 10.6. The van der Waals surface area contributed by atoms with E-state index in [1.54, 1.807) is 0 Å². The third kappa shape index (κ3) is 2.42. The van der Waals surface area contributed by atoms with Gasteiger partial charge in [0.05, 0.1) is 0 Å². The Morgan fingerprint density at radius 2 is 2.00 bits per heavy atom. The van der Waals surface area contributed by atoms with Gasteiger partial charge < -0.3 is 5.43 Å². The van der Waals surface area contributed by atoms with Gasteiger partial charge in [0.1, 0.15) is 0 Å². The lowest BCUT2D eigenvalue weighted by atomic mass is 10.2. The van der Waals surface area contributed by atoms with Crippen LogP contribution in [0.2, 0.25) is 0 Å². The van der Waals surface area contributed by atoms with Crippen molar-refractivity contribution in [2.24, 2.45) is 5.84 Å². The van der Waals surface area contributed by atoms with Crippen molar-refractivity contribution < 1.29 is 14.7 Å². The molecule has 7 nitrogen and oxygen atoms in total. The van der Waals surface area contributed by atoms with Gasteiger partial charge in [0.25, 0.3) is 0 Å². The van der Waals surface area contributed by atoms with Gasteiger partial charge >= 0.3 is 11.1 Å². The van der Waals surface area contributed by atoms with Crippen molar-refractivity contribution >= 4 is 11.7 Å². The summed E-state index contributed by atoms with van der Waals surface area (Å²) in [6, 6.07) is 5.72. The molecule has 0 atom stereocenters. The van der Waals surface area contributed by atoms with Crippen molar-refractivity contribution in [2.75, 3.05) is 5.43 Å². The Hall–Kier alpha value is -2.15. The third-order valence-electron chi connectivity index (χ3n) is 1.44. The Bertz CT molecular complexity index is 348. The number of nitrogen functional groups attached to an aromatic ring is 1. The van der Waals surface area contributed by atoms with Crippen molar-refractivity contribution in [3.05, 3.63) is 39.9 Å². The van der Waals surface area contributed by atoms with Crippen LogP contribution >= 0.6 is 0 Å². The number of anilines is 1. The molecule has 0 bridgehead atoms. The van der Waals surface area contributed by atoms with Gasteiger partial charge in [-0.3, -0.25) is 10.6 Å². The van der Waals surface area contributed by atoms with E-state index >= 15 is 0 Å². The van der Waals surface area contributed by atoms with Gasteiger partial charge in [0.2, 0.25) is 0 Å². The molecule has 0 amide bonds. The molecule has 0 radical (unpaired) electrons. The molecule has 0 saturated carbocycles. The number of hydrazine groups is 1. The molecular formula is C7H7N3O4. The van der Waals surface area contributed by atoms with E-state index in [1.807, 2.05) is 0 Å². The maximum absolute atomic E-state index is 10.9. The maximum Gasteiger partial charge on any atom is 0.334 e. The molecule has 0 saturated heterocycles. The summed E-state index contributed by atoms with van der Waals surface area (Å²) in [6.45, 7) is 0. The fourth-order valence-corrected chi connectivity index (χ4v) is 0.823. The summed E-state index contributed by atoms with van der Waals surface area (Å²) < 4.78 is 0. The minimum atomic E-state index is -1.16. The second-order valence-corrected chi connectivity index (χ2v) is 2.32. The van der Waals surface area contributed by atoms with Crippen LogP contribution in [0.1, 0.15) is 10.4 Å². The molecule has 0 aliphatic rings. The lowest BCUT2D eigenvalue weighted by molar-refractivity contribution is -0.727. The van der Waals surface area contributed by atoms with Gasteiger partial charge in [-0.05, 0) is 24.3 Å². The Labute approximate surface area is 78.5 Å². The molecular weight excluding hydrogens is 190 g/mol. The van der Waals surface area contributed by atoms with Gasteiger partial charge in [0, 0.05) is 11.3 Å². The number of benzene rings is 1. The van der Waals surface area contributed by atoms with E-state index in [1.165, 1.54) is 24.3 Å². The fraction of sp³-hybridized carbons (Fsp3) is 0. The van der Waals surface area contributed by atoms with Crippen molar-refractivity contribution in [3.63, 3.8) is 0 Å². The minimum absolute atomic E-state index is 0.0840. The third-order valence-corrected chi connectivity index (χ3v) is 1.44. The first-order chi connectivity index (χ1) is 6.63. The number of nitrogens with zero attached hydrogens (tertiary/aromatic N) is 1. The Balaban J connectivity index is 2.76. The molecule has 1 rings (SSSR count). The Kier molecular flexibility index (Phi) is 2.97. The molecule has 14 heavy (non-hydrogen) atoms. The number of hydrogen-bond acceptors (Lipinski definition) is 6. The van der Waals surface area contributed by atoms with Gasteiger partial charge in [0.15, 0.2) is 0 Å². The topological polar surface area (TPSA) is 107 Å². The predicted octanol–water partition coefficient (Wildman–Crippen LogP) is 0.321. The number of nitrogens with one attached hydrogen (secondary N) is 1. The zero-order valence-corrected chi connectivity index (χ0v) is 6.97. The first-order valence-electron chi connectivity index (χ1n) is 3.57. The van der Waals surface area contributed by atoms with Crippen LogP contribution in [0.25, 0.3) is 0 Å². The van der Waals surface area contributed by atoms with Crippen LogP contribution in [0.4, 0.5) is 5.69 Å². The average Bonchev–Trinajstić information content (AvgIpc) is 2.17. The summed E-state index contributed by atoms with van der Waals surface area (Å²) in [6.07, 6.45) is 0. The van der Waals surface area contributed by atoms with Crippen LogP contribution in [0.5, 0.6) is 0 Å². The molecule has 0 aliphatic carbocycles. The van der Waals surface area contributed by atoms with Crippen molar-refractivity contribution in [3.8, 4) is 0 Å². The first kappa shape index (κ1) is 9.93.